The number of benzene rings is 2. The molecule has 0 aliphatic heterocycles. The first kappa shape index (κ1) is 14.7. The van der Waals surface area contributed by atoms with E-state index in [1.54, 1.807) is 61.7 Å². The molecule has 0 heterocycles. The Kier molecular flexibility index (Phi) is 4.61. The summed E-state index contributed by atoms with van der Waals surface area (Å²) in [6, 6.07) is 14.2. The summed E-state index contributed by atoms with van der Waals surface area (Å²) in [7, 11) is 3.11. The Morgan fingerprint density at radius 1 is 1.00 bits per heavy atom. The van der Waals surface area contributed by atoms with Crippen molar-refractivity contribution in [2.45, 2.75) is 0 Å². The second kappa shape index (κ2) is 6.61. The van der Waals surface area contributed by atoms with Crippen LogP contribution < -0.4 is 9.47 Å². The highest BCUT2D eigenvalue weighted by molar-refractivity contribution is 6.21. The average molecular weight is 284 g/mol. The lowest BCUT2D eigenvalue weighted by Crippen LogP contribution is -2.01. The minimum Gasteiger partial charge on any atom is -0.497 e. The van der Waals surface area contributed by atoms with Crippen LogP contribution in [0, 0.1) is 0 Å². The van der Waals surface area contributed by atoms with E-state index < -0.39 is 5.97 Å². The van der Waals surface area contributed by atoms with Gasteiger partial charge in [-0.25, -0.2) is 4.79 Å². The SMILES string of the molecule is COc1ccc(/C=C(\C(=O)O)c2ccccc2OC)cc1. The molecule has 4 nitrogen and oxygen atoms in total. The molecule has 0 fully saturated rings. The van der Waals surface area contributed by atoms with Gasteiger partial charge < -0.3 is 14.6 Å². The van der Waals surface area contributed by atoms with Gasteiger partial charge in [0.1, 0.15) is 11.5 Å². The van der Waals surface area contributed by atoms with Gasteiger partial charge in [0.05, 0.1) is 19.8 Å². The van der Waals surface area contributed by atoms with Gasteiger partial charge in [-0.1, -0.05) is 30.3 Å². The molecule has 0 spiro atoms. The van der Waals surface area contributed by atoms with Crippen LogP contribution in [0.1, 0.15) is 11.1 Å². The van der Waals surface area contributed by atoms with E-state index in [0.717, 1.165) is 11.3 Å². The number of hydrogen-bond donors (Lipinski definition) is 1. The van der Waals surface area contributed by atoms with Crippen LogP contribution in [0.15, 0.2) is 48.5 Å². The quantitative estimate of drug-likeness (QED) is 0.676. The fraction of sp³-hybridized carbons (Fsp3) is 0.118. The number of hydrogen-bond acceptors (Lipinski definition) is 3. The Bertz CT molecular complexity index is 657. The van der Waals surface area contributed by atoms with Gasteiger partial charge in [0.2, 0.25) is 0 Å². The van der Waals surface area contributed by atoms with Crippen molar-refractivity contribution in [1.82, 2.24) is 0 Å². The molecule has 2 aromatic rings. The minimum absolute atomic E-state index is 0.178. The molecule has 21 heavy (non-hydrogen) atoms. The highest BCUT2D eigenvalue weighted by atomic mass is 16.5. The Labute approximate surface area is 123 Å². The molecule has 2 rings (SSSR count). The fourth-order valence-electron chi connectivity index (χ4n) is 1.99. The van der Waals surface area contributed by atoms with Crippen LogP contribution in [-0.2, 0) is 4.79 Å². The first-order valence-corrected chi connectivity index (χ1v) is 6.38. The molecule has 0 unspecified atom stereocenters. The Balaban J connectivity index is 2.47. The van der Waals surface area contributed by atoms with E-state index in [1.165, 1.54) is 7.11 Å². The second-order valence-electron chi connectivity index (χ2n) is 4.34. The largest absolute Gasteiger partial charge is 0.497 e. The van der Waals surface area contributed by atoms with Crippen LogP contribution in [0.3, 0.4) is 0 Å². The van der Waals surface area contributed by atoms with Crippen LogP contribution in [0.25, 0.3) is 11.6 Å². The van der Waals surface area contributed by atoms with E-state index in [9.17, 15) is 9.90 Å². The summed E-state index contributed by atoms with van der Waals surface area (Å²) in [5.41, 5.74) is 1.50. The van der Waals surface area contributed by atoms with Crippen LogP contribution in [0.5, 0.6) is 11.5 Å². The Hall–Kier alpha value is -2.75. The number of rotatable bonds is 5. The predicted molar refractivity (Wildman–Crippen MR) is 81.5 cm³/mol. The number of para-hydroxylation sites is 1. The van der Waals surface area contributed by atoms with Crippen LogP contribution in [0.2, 0.25) is 0 Å². The van der Waals surface area contributed by atoms with E-state index in [2.05, 4.69) is 0 Å². The molecule has 2 aromatic carbocycles. The number of methoxy groups -OCH3 is 2. The lowest BCUT2D eigenvalue weighted by molar-refractivity contribution is -0.130. The van der Waals surface area contributed by atoms with Gasteiger partial charge in [0.25, 0.3) is 0 Å². The summed E-state index contributed by atoms with van der Waals surface area (Å²) in [4.78, 5) is 11.5. The molecule has 1 N–H and O–H groups in total. The molecule has 0 aromatic heterocycles. The van der Waals surface area contributed by atoms with Crippen LogP contribution >= 0.6 is 0 Å². The molecule has 0 bridgehead atoms. The monoisotopic (exact) mass is 284 g/mol. The summed E-state index contributed by atoms with van der Waals surface area (Å²) in [6.45, 7) is 0. The van der Waals surface area contributed by atoms with Gasteiger partial charge in [-0.05, 0) is 29.8 Å². The van der Waals surface area contributed by atoms with Crippen molar-refractivity contribution < 1.29 is 19.4 Å². The molecule has 0 amide bonds. The molecule has 0 atom stereocenters. The molecule has 0 radical (unpaired) electrons. The van der Waals surface area contributed by atoms with E-state index in [4.69, 9.17) is 9.47 Å². The number of ether oxygens (including phenoxy) is 2. The van der Waals surface area contributed by atoms with Gasteiger partial charge in [-0.15, -0.1) is 0 Å². The average Bonchev–Trinajstić information content (AvgIpc) is 2.53. The van der Waals surface area contributed by atoms with E-state index in [0.29, 0.717) is 11.3 Å². The number of carboxylic acid groups (broad SMARTS) is 1. The molecule has 0 aliphatic carbocycles. The van der Waals surface area contributed by atoms with Crippen molar-refractivity contribution in [3.8, 4) is 11.5 Å². The van der Waals surface area contributed by atoms with Crippen molar-refractivity contribution in [3.63, 3.8) is 0 Å². The summed E-state index contributed by atoms with van der Waals surface area (Å²) in [5.74, 6) is 0.247. The minimum atomic E-state index is -1.00. The van der Waals surface area contributed by atoms with Crippen molar-refractivity contribution in [1.29, 1.82) is 0 Å². The number of carboxylic acids is 1. The summed E-state index contributed by atoms with van der Waals surface area (Å²) in [6.07, 6.45) is 1.61. The standard InChI is InChI=1S/C17H16O4/c1-20-13-9-7-12(8-10-13)11-15(17(18)19)14-5-3-4-6-16(14)21-2/h3-11H,1-2H3,(H,18,19)/b15-11-. The zero-order valence-corrected chi connectivity index (χ0v) is 11.9. The van der Waals surface area contributed by atoms with Crippen LogP contribution in [-0.4, -0.2) is 25.3 Å². The highest BCUT2D eigenvalue weighted by Gasteiger charge is 2.14. The molecular formula is C17H16O4. The molecule has 0 saturated heterocycles. The first-order chi connectivity index (χ1) is 10.2. The normalized spacial score (nSPS) is 11.0. The lowest BCUT2D eigenvalue weighted by atomic mass is 10.0. The van der Waals surface area contributed by atoms with E-state index in [-0.39, 0.29) is 5.57 Å². The fourth-order valence-corrected chi connectivity index (χ4v) is 1.99. The third kappa shape index (κ3) is 3.42. The molecule has 108 valence electrons. The molecule has 0 saturated carbocycles. The van der Waals surface area contributed by atoms with Crippen LogP contribution in [0.4, 0.5) is 0 Å². The highest BCUT2D eigenvalue weighted by Crippen LogP contribution is 2.28. The number of carbonyl (C=O) groups is 1. The van der Waals surface area contributed by atoms with Crippen molar-refractivity contribution in [3.05, 3.63) is 59.7 Å². The summed E-state index contributed by atoms with van der Waals surface area (Å²) in [5, 5.41) is 9.46. The third-order valence-corrected chi connectivity index (χ3v) is 3.05. The van der Waals surface area contributed by atoms with Crippen molar-refractivity contribution in [2.24, 2.45) is 0 Å². The maximum atomic E-state index is 11.5. The van der Waals surface area contributed by atoms with Gasteiger partial charge in [-0.3, -0.25) is 0 Å². The topological polar surface area (TPSA) is 55.8 Å². The smallest absolute Gasteiger partial charge is 0.336 e. The molecular weight excluding hydrogens is 268 g/mol. The van der Waals surface area contributed by atoms with Crippen molar-refractivity contribution in [2.75, 3.05) is 14.2 Å². The lowest BCUT2D eigenvalue weighted by Gasteiger charge is -2.09. The Morgan fingerprint density at radius 3 is 2.24 bits per heavy atom. The van der Waals surface area contributed by atoms with Gasteiger partial charge in [0, 0.05) is 5.56 Å². The van der Waals surface area contributed by atoms with Gasteiger partial charge >= 0.3 is 5.97 Å². The number of aliphatic carboxylic acids is 1. The predicted octanol–water partition coefficient (Wildman–Crippen LogP) is 3.33. The molecule has 0 aliphatic rings. The van der Waals surface area contributed by atoms with Gasteiger partial charge in [0.15, 0.2) is 0 Å². The zero-order valence-electron chi connectivity index (χ0n) is 11.9. The Morgan fingerprint density at radius 2 is 1.67 bits per heavy atom. The summed E-state index contributed by atoms with van der Waals surface area (Å²) >= 11 is 0. The maximum absolute atomic E-state index is 11.5. The molecule has 4 heteroatoms. The second-order valence-corrected chi connectivity index (χ2v) is 4.34. The maximum Gasteiger partial charge on any atom is 0.336 e. The van der Waals surface area contributed by atoms with E-state index >= 15 is 0 Å². The van der Waals surface area contributed by atoms with E-state index in [1.807, 2.05) is 0 Å². The van der Waals surface area contributed by atoms with Gasteiger partial charge in [-0.2, -0.15) is 0 Å². The van der Waals surface area contributed by atoms with Crippen molar-refractivity contribution >= 4 is 17.6 Å². The summed E-state index contributed by atoms with van der Waals surface area (Å²) < 4.78 is 10.3. The third-order valence-electron chi connectivity index (χ3n) is 3.05. The first-order valence-electron chi connectivity index (χ1n) is 6.38. The zero-order chi connectivity index (χ0) is 15.2.